The summed E-state index contributed by atoms with van der Waals surface area (Å²) in [5.74, 6) is -1.12. The fraction of sp³-hybridized carbons (Fsp3) is 0.158. The normalized spacial score (nSPS) is 11.7. The standard InChI is InChI=1S/C19H18N4O6S/c1-29-18(25)11-23(30(27)28)14-8-6-13(7-9-14)21-17(24)10-22-12-20-16-5-3-2-4-15(16)19(22)26/h2-9,12H,10-11H2,1H3,(H,21,24)(H,27,28). The Hall–Kier alpha value is -3.57. The Morgan fingerprint density at radius 3 is 2.57 bits per heavy atom. The van der Waals surface area contributed by atoms with Crippen molar-refractivity contribution < 1.29 is 23.1 Å². The highest BCUT2D eigenvalue weighted by molar-refractivity contribution is 7.80. The van der Waals surface area contributed by atoms with E-state index in [-0.39, 0.29) is 17.8 Å². The average Bonchev–Trinajstić information content (AvgIpc) is 2.74. The summed E-state index contributed by atoms with van der Waals surface area (Å²) in [4.78, 5) is 40.3. The molecule has 10 nitrogen and oxygen atoms in total. The van der Waals surface area contributed by atoms with Gasteiger partial charge in [-0.3, -0.25) is 27.8 Å². The van der Waals surface area contributed by atoms with E-state index in [4.69, 9.17) is 0 Å². The van der Waals surface area contributed by atoms with E-state index in [1.54, 1.807) is 24.3 Å². The lowest BCUT2D eigenvalue weighted by Crippen LogP contribution is -2.32. The molecule has 1 heterocycles. The average molecular weight is 430 g/mol. The minimum atomic E-state index is -2.43. The highest BCUT2D eigenvalue weighted by atomic mass is 32.2. The third-order valence-corrected chi connectivity index (χ3v) is 4.89. The zero-order valence-electron chi connectivity index (χ0n) is 15.8. The second-order valence-corrected chi connectivity index (χ2v) is 7.04. The van der Waals surface area contributed by atoms with Gasteiger partial charge in [-0.15, -0.1) is 0 Å². The molecule has 0 aliphatic carbocycles. The molecule has 2 aromatic carbocycles. The summed E-state index contributed by atoms with van der Waals surface area (Å²) in [5, 5.41) is 3.05. The lowest BCUT2D eigenvalue weighted by molar-refractivity contribution is -0.138. The number of carbonyl (C=O) groups is 2. The summed E-state index contributed by atoms with van der Waals surface area (Å²) in [5.41, 5.74) is 0.920. The van der Waals surface area contributed by atoms with Gasteiger partial charge in [0.2, 0.25) is 5.91 Å². The number of para-hydroxylation sites is 1. The van der Waals surface area contributed by atoms with Crippen LogP contribution in [0.3, 0.4) is 0 Å². The second kappa shape index (κ2) is 9.29. The second-order valence-electron chi connectivity index (χ2n) is 6.13. The van der Waals surface area contributed by atoms with Crippen molar-refractivity contribution in [3.05, 3.63) is 65.2 Å². The number of nitrogens with one attached hydrogen (secondary N) is 1. The summed E-state index contributed by atoms with van der Waals surface area (Å²) in [6.07, 6.45) is 1.31. The lowest BCUT2D eigenvalue weighted by Gasteiger charge is -2.18. The number of carbonyl (C=O) groups excluding carboxylic acids is 2. The number of rotatable bonds is 7. The zero-order valence-corrected chi connectivity index (χ0v) is 16.7. The molecule has 1 aromatic heterocycles. The number of amides is 1. The molecule has 0 aliphatic rings. The van der Waals surface area contributed by atoms with Crippen LogP contribution in [0.4, 0.5) is 11.4 Å². The molecule has 0 bridgehead atoms. The summed E-state index contributed by atoms with van der Waals surface area (Å²) >= 11 is -2.43. The quantitative estimate of drug-likeness (QED) is 0.425. The minimum Gasteiger partial charge on any atom is -0.468 e. The van der Waals surface area contributed by atoms with Crippen LogP contribution in [-0.4, -0.2) is 43.8 Å². The molecule has 1 atom stereocenters. The molecular weight excluding hydrogens is 412 g/mol. The highest BCUT2D eigenvalue weighted by Crippen LogP contribution is 2.19. The first-order valence-electron chi connectivity index (χ1n) is 8.68. The van der Waals surface area contributed by atoms with Crippen LogP contribution in [0.15, 0.2) is 59.7 Å². The van der Waals surface area contributed by atoms with E-state index >= 15 is 0 Å². The van der Waals surface area contributed by atoms with Crippen molar-refractivity contribution in [1.82, 2.24) is 9.55 Å². The van der Waals surface area contributed by atoms with Crippen molar-refractivity contribution >= 4 is 45.4 Å². The van der Waals surface area contributed by atoms with E-state index in [2.05, 4.69) is 15.0 Å². The molecule has 0 saturated carbocycles. The van der Waals surface area contributed by atoms with E-state index in [1.807, 2.05) is 0 Å². The van der Waals surface area contributed by atoms with Crippen LogP contribution in [0.1, 0.15) is 0 Å². The Morgan fingerprint density at radius 2 is 1.90 bits per heavy atom. The van der Waals surface area contributed by atoms with Crippen LogP contribution < -0.4 is 15.2 Å². The topological polar surface area (TPSA) is 131 Å². The molecule has 1 amide bonds. The number of methoxy groups -OCH3 is 1. The van der Waals surface area contributed by atoms with Gasteiger partial charge in [-0.2, -0.15) is 0 Å². The molecule has 3 aromatic rings. The van der Waals surface area contributed by atoms with Crippen LogP contribution in [0.2, 0.25) is 0 Å². The predicted molar refractivity (Wildman–Crippen MR) is 111 cm³/mol. The molecule has 0 aliphatic heterocycles. The van der Waals surface area contributed by atoms with Gasteiger partial charge in [0.05, 0.1) is 30.0 Å². The number of esters is 1. The SMILES string of the molecule is COC(=O)CN(c1ccc(NC(=O)Cn2cnc3ccccc3c2=O)cc1)S(=O)O. The summed E-state index contributed by atoms with van der Waals surface area (Å²) in [6, 6.07) is 12.8. The minimum absolute atomic E-state index is 0.229. The number of anilines is 2. The van der Waals surface area contributed by atoms with Crippen LogP contribution in [0.25, 0.3) is 10.9 Å². The molecule has 0 fully saturated rings. The molecule has 156 valence electrons. The number of aromatic nitrogens is 2. The lowest BCUT2D eigenvalue weighted by atomic mass is 10.2. The molecule has 11 heteroatoms. The maximum Gasteiger partial charge on any atom is 0.326 e. The first kappa shape index (κ1) is 21.1. The third-order valence-electron chi connectivity index (χ3n) is 4.17. The molecule has 0 radical (unpaired) electrons. The van der Waals surface area contributed by atoms with Crippen molar-refractivity contribution in [1.29, 1.82) is 0 Å². The monoisotopic (exact) mass is 430 g/mol. The van der Waals surface area contributed by atoms with Gasteiger partial charge in [0.1, 0.15) is 13.1 Å². The highest BCUT2D eigenvalue weighted by Gasteiger charge is 2.17. The number of hydrogen-bond acceptors (Lipinski definition) is 6. The molecule has 3 rings (SSSR count). The number of nitrogens with zero attached hydrogens (tertiary/aromatic N) is 3. The van der Waals surface area contributed by atoms with Crippen molar-refractivity contribution in [3.63, 3.8) is 0 Å². The molecule has 0 spiro atoms. The van der Waals surface area contributed by atoms with Gasteiger partial charge >= 0.3 is 5.97 Å². The summed E-state index contributed by atoms with van der Waals surface area (Å²) < 4.78 is 27.5. The summed E-state index contributed by atoms with van der Waals surface area (Å²) in [6.45, 7) is -0.642. The van der Waals surface area contributed by atoms with Gasteiger partial charge in [-0.25, -0.2) is 9.19 Å². The van der Waals surface area contributed by atoms with Gasteiger partial charge in [-0.1, -0.05) is 12.1 Å². The Kier molecular flexibility index (Phi) is 6.54. The van der Waals surface area contributed by atoms with Crippen molar-refractivity contribution in [2.24, 2.45) is 0 Å². The van der Waals surface area contributed by atoms with Gasteiger partial charge in [0, 0.05) is 5.69 Å². The van der Waals surface area contributed by atoms with E-state index in [0.29, 0.717) is 16.6 Å². The number of benzene rings is 2. The molecule has 2 N–H and O–H groups in total. The number of fused-ring (bicyclic) bond motifs is 1. The van der Waals surface area contributed by atoms with Crippen LogP contribution in [0.5, 0.6) is 0 Å². The van der Waals surface area contributed by atoms with Gasteiger partial charge in [0.15, 0.2) is 0 Å². The summed E-state index contributed by atoms with van der Waals surface area (Å²) in [7, 11) is 1.18. The van der Waals surface area contributed by atoms with Crippen molar-refractivity contribution in [2.75, 3.05) is 23.3 Å². The third kappa shape index (κ3) is 4.88. The van der Waals surface area contributed by atoms with Crippen LogP contribution in [0, 0.1) is 0 Å². The van der Waals surface area contributed by atoms with E-state index in [9.17, 15) is 23.1 Å². The van der Waals surface area contributed by atoms with Crippen LogP contribution >= 0.6 is 0 Å². The first-order valence-corrected chi connectivity index (χ1v) is 9.75. The van der Waals surface area contributed by atoms with Crippen molar-refractivity contribution in [2.45, 2.75) is 6.54 Å². The van der Waals surface area contributed by atoms with Gasteiger partial charge in [0.25, 0.3) is 16.8 Å². The maximum absolute atomic E-state index is 12.5. The molecule has 1 unspecified atom stereocenters. The first-order chi connectivity index (χ1) is 14.4. The smallest absolute Gasteiger partial charge is 0.326 e. The van der Waals surface area contributed by atoms with Gasteiger partial charge in [-0.05, 0) is 36.4 Å². The Bertz CT molecular complexity index is 1160. The fourth-order valence-corrected chi connectivity index (χ4v) is 3.22. The van der Waals surface area contributed by atoms with E-state index < -0.39 is 29.7 Å². The zero-order chi connectivity index (χ0) is 21.7. The predicted octanol–water partition coefficient (Wildman–Crippen LogP) is 1.15. The molecule has 0 saturated heterocycles. The Labute approximate surface area is 173 Å². The largest absolute Gasteiger partial charge is 0.468 e. The van der Waals surface area contributed by atoms with Crippen molar-refractivity contribution in [3.8, 4) is 0 Å². The fourth-order valence-electron chi connectivity index (χ4n) is 2.70. The number of hydrogen-bond donors (Lipinski definition) is 2. The van der Waals surface area contributed by atoms with E-state index in [1.165, 1.54) is 42.3 Å². The maximum atomic E-state index is 12.5. The van der Waals surface area contributed by atoms with Crippen LogP contribution in [-0.2, 0) is 32.1 Å². The van der Waals surface area contributed by atoms with E-state index in [0.717, 1.165) is 4.31 Å². The van der Waals surface area contributed by atoms with Gasteiger partial charge < -0.3 is 10.1 Å². The Balaban J connectivity index is 1.70. The molecular formula is C19H18N4O6S. The molecule has 30 heavy (non-hydrogen) atoms. The Morgan fingerprint density at radius 1 is 1.20 bits per heavy atom. The number of ether oxygens (including phenoxy) is 1.